The Bertz CT molecular complexity index is 606. The summed E-state index contributed by atoms with van der Waals surface area (Å²) in [5, 5.41) is 3.51. The maximum Gasteiger partial charge on any atom is 0.151 e. The maximum atomic E-state index is 13.2. The second kappa shape index (κ2) is 5.51. The van der Waals surface area contributed by atoms with Crippen LogP contribution in [0.2, 0.25) is 0 Å². The Morgan fingerprint density at radius 3 is 2.21 bits per heavy atom. The molecule has 2 nitrogen and oxygen atoms in total. The Hall–Kier alpha value is -2.37. The lowest BCUT2D eigenvalue weighted by Gasteiger charge is -2.02. The van der Waals surface area contributed by atoms with Gasteiger partial charge in [0, 0.05) is 6.07 Å². The van der Waals surface area contributed by atoms with Crippen molar-refractivity contribution in [3.63, 3.8) is 0 Å². The van der Waals surface area contributed by atoms with Gasteiger partial charge in [-0.1, -0.05) is 6.07 Å². The van der Waals surface area contributed by atoms with Crippen molar-refractivity contribution in [3.05, 3.63) is 65.2 Å². The van der Waals surface area contributed by atoms with Gasteiger partial charge in [0.25, 0.3) is 0 Å². The van der Waals surface area contributed by atoms with Crippen molar-refractivity contribution in [1.29, 1.82) is 0 Å². The van der Waals surface area contributed by atoms with Crippen LogP contribution in [-0.4, -0.2) is 6.21 Å². The minimum atomic E-state index is -0.855. The number of rotatable bonds is 3. The van der Waals surface area contributed by atoms with Gasteiger partial charge in [-0.2, -0.15) is 5.10 Å². The number of halogens is 4. The minimum absolute atomic E-state index is 0.102. The van der Waals surface area contributed by atoms with E-state index in [0.717, 1.165) is 30.5 Å². The first kappa shape index (κ1) is 13.1. The lowest BCUT2D eigenvalue weighted by molar-refractivity contribution is 0.580. The molecule has 0 amide bonds. The molecule has 0 heterocycles. The molecule has 2 aromatic carbocycles. The topological polar surface area (TPSA) is 24.4 Å². The summed E-state index contributed by atoms with van der Waals surface area (Å²) in [7, 11) is 0. The van der Waals surface area contributed by atoms with Crippen LogP contribution in [0.15, 0.2) is 41.5 Å². The summed E-state index contributed by atoms with van der Waals surface area (Å²) in [6.07, 6.45) is 0.882. The summed E-state index contributed by atoms with van der Waals surface area (Å²) in [6, 6.07) is 6.19. The zero-order valence-corrected chi connectivity index (χ0v) is 9.50. The van der Waals surface area contributed by atoms with Gasteiger partial charge in [0.2, 0.25) is 0 Å². The van der Waals surface area contributed by atoms with Crippen molar-refractivity contribution >= 4 is 11.9 Å². The summed E-state index contributed by atoms with van der Waals surface area (Å²) in [5.74, 6) is -3.16. The predicted octanol–water partition coefficient (Wildman–Crippen LogP) is 3.69. The van der Waals surface area contributed by atoms with E-state index in [4.69, 9.17) is 0 Å². The van der Waals surface area contributed by atoms with Crippen LogP contribution in [0.3, 0.4) is 0 Å². The highest BCUT2D eigenvalue weighted by molar-refractivity contribution is 5.80. The Kier molecular flexibility index (Phi) is 3.79. The van der Waals surface area contributed by atoms with Crippen molar-refractivity contribution in [2.24, 2.45) is 5.10 Å². The van der Waals surface area contributed by atoms with Crippen LogP contribution in [0.5, 0.6) is 0 Å². The Morgan fingerprint density at radius 1 is 0.895 bits per heavy atom. The quantitative estimate of drug-likeness (QED) is 0.512. The first-order chi connectivity index (χ1) is 9.08. The number of hydrogen-bond acceptors (Lipinski definition) is 2. The van der Waals surface area contributed by atoms with E-state index in [-0.39, 0.29) is 11.3 Å². The molecule has 0 unspecified atom stereocenters. The van der Waals surface area contributed by atoms with E-state index in [1.807, 2.05) is 0 Å². The molecule has 0 atom stereocenters. The Balaban J connectivity index is 2.16. The van der Waals surface area contributed by atoms with Gasteiger partial charge in [-0.3, -0.25) is 5.43 Å². The number of hydrazone groups is 1. The van der Waals surface area contributed by atoms with Crippen LogP contribution in [0.25, 0.3) is 0 Å². The van der Waals surface area contributed by atoms with E-state index >= 15 is 0 Å². The van der Waals surface area contributed by atoms with Crippen LogP contribution in [-0.2, 0) is 0 Å². The molecule has 0 saturated carbocycles. The lowest BCUT2D eigenvalue weighted by atomic mass is 10.2. The van der Waals surface area contributed by atoms with E-state index in [2.05, 4.69) is 10.5 Å². The molecule has 0 saturated heterocycles. The molecule has 0 aliphatic heterocycles. The second-order valence-electron chi connectivity index (χ2n) is 3.63. The van der Waals surface area contributed by atoms with E-state index in [9.17, 15) is 17.6 Å². The van der Waals surface area contributed by atoms with Crippen LogP contribution in [0.4, 0.5) is 23.2 Å². The minimum Gasteiger partial charge on any atom is -0.276 e. The average Bonchev–Trinajstić information content (AvgIpc) is 2.35. The molecule has 2 aromatic rings. The van der Waals surface area contributed by atoms with Gasteiger partial charge >= 0.3 is 0 Å². The molecular formula is C13H8F4N2. The number of benzene rings is 2. The van der Waals surface area contributed by atoms with E-state index in [1.165, 1.54) is 6.07 Å². The van der Waals surface area contributed by atoms with Crippen LogP contribution >= 0.6 is 0 Å². The second-order valence-corrected chi connectivity index (χ2v) is 3.63. The van der Waals surface area contributed by atoms with Crippen molar-refractivity contribution in [2.45, 2.75) is 0 Å². The Morgan fingerprint density at radius 2 is 1.58 bits per heavy atom. The standard InChI is InChI=1S/C13H8F4N2/c14-8-4-5-13(12(17)6-8)19-18-7-9-10(15)2-1-3-11(9)16/h1-7,19H/b18-7+. The molecule has 6 heteroatoms. The molecule has 0 fully saturated rings. The fourth-order valence-electron chi connectivity index (χ4n) is 1.38. The highest BCUT2D eigenvalue weighted by atomic mass is 19.1. The smallest absolute Gasteiger partial charge is 0.151 e. The van der Waals surface area contributed by atoms with Gasteiger partial charge in [-0.25, -0.2) is 17.6 Å². The number of nitrogens with zero attached hydrogens (tertiary/aromatic N) is 1. The summed E-state index contributed by atoms with van der Waals surface area (Å²) >= 11 is 0. The molecule has 2 rings (SSSR count). The van der Waals surface area contributed by atoms with Crippen LogP contribution < -0.4 is 5.43 Å². The maximum absolute atomic E-state index is 13.2. The Labute approximate surface area is 106 Å². The summed E-state index contributed by atoms with van der Waals surface area (Å²) in [6.45, 7) is 0. The number of hydrogen-bond donors (Lipinski definition) is 1. The van der Waals surface area contributed by atoms with Crippen molar-refractivity contribution in [2.75, 3.05) is 5.43 Å². The summed E-state index contributed by atoms with van der Waals surface area (Å²) < 4.78 is 52.3. The van der Waals surface area contributed by atoms with Crippen LogP contribution in [0, 0.1) is 23.3 Å². The fourth-order valence-corrected chi connectivity index (χ4v) is 1.38. The molecule has 98 valence electrons. The largest absolute Gasteiger partial charge is 0.276 e. The molecule has 0 bridgehead atoms. The highest BCUT2D eigenvalue weighted by Crippen LogP contribution is 2.15. The molecule has 0 aliphatic carbocycles. The van der Waals surface area contributed by atoms with Crippen LogP contribution in [0.1, 0.15) is 5.56 Å². The van der Waals surface area contributed by atoms with Gasteiger partial charge in [-0.05, 0) is 24.3 Å². The van der Waals surface area contributed by atoms with E-state index in [0.29, 0.717) is 6.07 Å². The lowest BCUT2D eigenvalue weighted by Crippen LogP contribution is -1.98. The van der Waals surface area contributed by atoms with Gasteiger partial charge in [0.1, 0.15) is 17.5 Å². The third-order valence-corrected chi connectivity index (χ3v) is 2.31. The zero-order chi connectivity index (χ0) is 13.8. The average molecular weight is 268 g/mol. The molecule has 0 radical (unpaired) electrons. The van der Waals surface area contributed by atoms with Crippen molar-refractivity contribution in [3.8, 4) is 0 Å². The molecule has 0 aliphatic rings. The van der Waals surface area contributed by atoms with E-state index in [1.54, 1.807) is 0 Å². The number of anilines is 1. The SMILES string of the molecule is Fc1ccc(N/N=C/c2c(F)cccc2F)c(F)c1. The third-order valence-electron chi connectivity index (χ3n) is 2.31. The summed E-state index contributed by atoms with van der Waals surface area (Å²) in [4.78, 5) is 0. The fraction of sp³-hybridized carbons (Fsp3) is 0. The van der Waals surface area contributed by atoms with Gasteiger partial charge < -0.3 is 0 Å². The van der Waals surface area contributed by atoms with Gasteiger partial charge in [0.05, 0.1) is 17.5 Å². The monoisotopic (exact) mass is 268 g/mol. The molecule has 19 heavy (non-hydrogen) atoms. The van der Waals surface area contributed by atoms with Gasteiger partial charge in [0.15, 0.2) is 5.82 Å². The molecule has 1 N–H and O–H groups in total. The van der Waals surface area contributed by atoms with Crippen molar-refractivity contribution < 1.29 is 17.6 Å². The summed E-state index contributed by atoms with van der Waals surface area (Å²) in [5.41, 5.74) is 1.79. The molecular weight excluding hydrogens is 260 g/mol. The predicted molar refractivity (Wildman–Crippen MR) is 63.9 cm³/mol. The zero-order valence-electron chi connectivity index (χ0n) is 9.50. The van der Waals surface area contributed by atoms with E-state index < -0.39 is 23.3 Å². The van der Waals surface area contributed by atoms with Gasteiger partial charge in [-0.15, -0.1) is 0 Å². The molecule has 0 aromatic heterocycles. The third kappa shape index (κ3) is 3.09. The first-order valence-corrected chi connectivity index (χ1v) is 5.26. The normalized spacial score (nSPS) is 10.9. The first-order valence-electron chi connectivity index (χ1n) is 5.26. The molecule has 0 spiro atoms. The highest BCUT2D eigenvalue weighted by Gasteiger charge is 2.05. The van der Waals surface area contributed by atoms with Crippen molar-refractivity contribution in [1.82, 2.24) is 0 Å². The number of nitrogens with one attached hydrogen (secondary N) is 1.